The third-order valence-electron chi connectivity index (χ3n) is 4.53. The normalized spacial score (nSPS) is 19.2. The molecule has 1 aliphatic rings. The van der Waals surface area contributed by atoms with E-state index in [9.17, 15) is 18.5 Å². The highest BCUT2D eigenvalue weighted by Crippen LogP contribution is 2.24. The highest BCUT2D eigenvalue weighted by atomic mass is 32.2. The molecule has 0 saturated carbocycles. The van der Waals surface area contributed by atoms with Crippen molar-refractivity contribution in [3.63, 3.8) is 0 Å². The van der Waals surface area contributed by atoms with Crippen LogP contribution in [0, 0.1) is 11.3 Å². The van der Waals surface area contributed by atoms with Gasteiger partial charge >= 0.3 is 0 Å². The molecule has 2 rings (SSSR count). The van der Waals surface area contributed by atoms with Gasteiger partial charge in [-0.2, -0.15) is 5.26 Å². The molecule has 1 unspecified atom stereocenters. The summed E-state index contributed by atoms with van der Waals surface area (Å²) in [7, 11) is -3.03. The molecule has 1 N–H and O–H groups in total. The average molecular weight is 375 g/mol. The van der Waals surface area contributed by atoms with Crippen LogP contribution in [0.4, 0.5) is 5.69 Å². The first-order valence-electron chi connectivity index (χ1n) is 8.75. The molecule has 0 radical (unpaired) electrons. The number of nitrogens with one attached hydrogen (secondary N) is 1. The van der Waals surface area contributed by atoms with E-state index in [1.165, 1.54) is 6.20 Å². The van der Waals surface area contributed by atoms with E-state index in [4.69, 9.17) is 0 Å². The lowest BCUT2D eigenvalue weighted by Crippen LogP contribution is -2.32. The van der Waals surface area contributed by atoms with Gasteiger partial charge in [-0.15, -0.1) is 0 Å². The van der Waals surface area contributed by atoms with Crippen LogP contribution < -0.4 is 5.32 Å². The summed E-state index contributed by atoms with van der Waals surface area (Å²) in [6, 6.07) is 9.24. The lowest BCUT2D eigenvalue weighted by molar-refractivity contribution is -0.112. The predicted octanol–water partition coefficient (Wildman–Crippen LogP) is 2.66. The number of benzene rings is 1. The van der Waals surface area contributed by atoms with Crippen molar-refractivity contribution >= 4 is 21.4 Å². The van der Waals surface area contributed by atoms with Gasteiger partial charge in [0, 0.05) is 24.5 Å². The van der Waals surface area contributed by atoms with Crippen LogP contribution in [0.1, 0.15) is 38.7 Å². The van der Waals surface area contributed by atoms with Gasteiger partial charge in [-0.1, -0.05) is 32.0 Å². The number of carbonyl (C=O) groups is 1. The summed E-state index contributed by atoms with van der Waals surface area (Å²) in [5.74, 6) is -0.0390. The Labute approximate surface area is 155 Å². The highest BCUT2D eigenvalue weighted by Gasteiger charge is 2.31. The van der Waals surface area contributed by atoms with Gasteiger partial charge in [0.05, 0.1) is 11.5 Å². The van der Waals surface area contributed by atoms with Crippen LogP contribution in [-0.2, 0) is 14.6 Å². The molecule has 1 amide bonds. The minimum Gasteiger partial charge on any atom is -0.372 e. The SMILES string of the molecule is CCN(/C=C(/C#N)C(=O)Nc1ccccc1C(C)C)C1CCS(=O)(=O)C1. The molecule has 6 nitrogen and oxygen atoms in total. The fraction of sp³-hybridized carbons (Fsp3) is 0.474. The number of hydrogen-bond acceptors (Lipinski definition) is 5. The Bertz CT molecular complexity index is 838. The van der Waals surface area contributed by atoms with Crippen LogP contribution in [0.3, 0.4) is 0 Å². The molecule has 0 aliphatic carbocycles. The van der Waals surface area contributed by atoms with Gasteiger partial charge in [0.1, 0.15) is 11.6 Å². The maximum atomic E-state index is 12.6. The topological polar surface area (TPSA) is 90.3 Å². The van der Waals surface area contributed by atoms with Gasteiger partial charge in [-0.05, 0) is 30.9 Å². The molecule has 1 saturated heterocycles. The number of sulfone groups is 1. The molecule has 1 aliphatic heterocycles. The number of para-hydroxylation sites is 1. The van der Waals surface area contributed by atoms with Crippen LogP contribution in [0.25, 0.3) is 0 Å². The summed E-state index contributed by atoms with van der Waals surface area (Å²) in [6.07, 6.45) is 2.00. The van der Waals surface area contributed by atoms with Crippen LogP contribution >= 0.6 is 0 Å². The minimum atomic E-state index is -3.03. The molecule has 1 fully saturated rings. The van der Waals surface area contributed by atoms with E-state index in [0.717, 1.165) is 5.56 Å². The van der Waals surface area contributed by atoms with Gasteiger partial charge < -0.3 is 10.2 Å². The number of hydrogen-bond donors (Lipinski definition) is 1. The van der Waals surface area contributed by atoms with Crippen LogP contribution in [0.15, 0.2) is 36.0 Å². The van der Waals surface area contributed by atoms with Crippen molar-refractivity contribution in [2.24, 2.45) is 0 Å². The van der Waals surface area contributed by atoms with E-state index in [1.807, 2.05) is 51.1 Å². The van der Waals surface area contributed by atoms with Crippen LogP contribution in [0.2, 0.25) is 0 Å². The zero-order valence-corrected chi connectivity index (χ0v) is 16.2. The Morgan fingerprint density at radius 1 is 1.42 bits per heavy atom. The number of rotatable bonds is 6. The molecule has 0 bridgehead atoms. The van der Waals surface area contributed by atoms with E-state index >= 15 is 0 Å². The standard InChI is InChI=1S/C19H25N3O3S/c1-4-22(16-9-10-26(24,25)13-16)12-15(11-20)19(23)21-18-8-6-5-7-17(18)14(2)3/h5-8,12,14,16H,4,9-10,13H2,1-3H3,(H,21,23)/b15-12-. The monoisotopic (exact) mass is 375 g/mol. The Morgan fingerprint density at radius 2 is 2.12 bits per heavy atom. The third kappa shape index (κ3) is 4.85. The molecule has 1 aromatic carbocycles. The van der Waals surface area contributed by atoms with Crippen molar-refractivity contribution in [3.05, 3.63) is 41.6 Å². The van der Waals surface area contributed by atoms with Crippen molar-refractivity contribution in [1.29, 1.82) is 5.26 Å². The zero-order valence-electron chi connectivity index (χ0n) is 15.4. The third-order valence-corrected chi connectivity index (χ3v) is 6.28. The second-order valence-electron chi connectivity index (χ2n) is 6.74. The van der Waals surface area contributed by atoms with E-state index in [0.29, 0.717) is 18.7 Å². The summed E-state index contributed by atoms with van der Waals surface area (Å²) in [5, 5.41) is 12.2. The minimum absolute atomic E-state index is 0.0327. The Hall–Kier alpha value is -2.33. The molecule has 140 valence electrons. The Morgan fingerprint density at radius 3 is 2.65 bits per heavy atom. The molecule has 1 aromatic rings. The first kappa shape index (κ1) is 20.0. The summed E-state index contributed by atoms with van der Waals surface area (Å²) in [4.78, 5) is 14.3. The van der Waals surface area contributed by atoms with Crippen LogP contribution in [0.5, 0.6) is 0 Å². The second kappa shape index (κ2) is 8.37. The largest absolute Gasteiger partial charge is 0.372 e. The quantitative estimate of drug-likeness (QED) is 0.610. The van der Waals surface area contributed by atoms with E-state index < -0.39 is 15.7 Å². The van der Waals surface area contributed by atoms with Gasteiger partial charge in [0.25, 0.3) is 5.91 Å². The van der Waals surface area contributed by atoms with Crippen molar-refractivity contribution in [2.45, 2.75) is 39.2 Å². The molecular weight excluding hydrogens is 350 g/mol. The maximum absolute atomic E-state index is 12.6. The van der Waals surface area contributed by atoms with Crippen molar-refractivity contribution in [1.82, 2.24) is 4.90 Å². The molecule has 7 heteroatoms. The number of amides is 1. The van der Waals surface area contributed by atoms with E-state index in [2.05, 4.69) is 5.32 Å². The lowest BCUT2D eigenvalue weighted by Gasteiger charge is -2.25. The average Bonchev–Trinajstić information content (AvgIpc) is 2.96. The molecule has 1 heterocycles. The predicted molar refractivity (Wildman–Crippen MR) is 102 cm³/mol. The molecule has 0 aromatic heterocycles. The summed E-state index contributed by atoms with van der Waals surface area (Å²) in [5.41, 5.74) is 1.64. The molecule has 1 atom stereocenters. The lowest BCUT2D eigenvalue weighted by atomic mass is 10.0. The fourth-order valence-electron chi connectivity index (χ4n) is 3.10. The van der Waals surface area contributed by atoms with Crippen LogP contribution in [-0.4, -0.2) is 43.3 Å². The first-order chi connectivity index (χ1) is 12.3. The second-order valence-corrected chi connectivity index (χ2v) is 8.97. The fourth-order valence-corrected chi connectivity index (χ4v) is 4.84. The van der Waals surface area contributed by atoms with E-state index in [1.54, 1.807) is 4.90 Å². The molecule has 26 heavy (non-hydrogen) atoms. The van der Waals surface area contributed by atoms with E-state index in [-0.39, 0.29) is 29.0 Å². The number of carbonyl (C=O) groups excluding carboxylic acids is 1. The summed E-state index contributed by atoms with van der Waals surface area (Å²) in [6.45, 7) is 6.47. The van der Waals surface area contributed by atoms with Gasteiger partial charge in [0.15, 0.2) is 9.84 Å². The number of nitriles is 1. The Balaban J connectivity index is 2.20. The molecular formula is C19H25N3O3S. The maximum Gasteiger partial charge on any atom is 0.267 e. The van der Waals surface area contributed by atoms with Crippen molar-refractivity contribution in [3.8, 4) is 6.07 Å². The van der Waals surface area contributed by atoms with Gasteiger partial charge in [0.2, 0.25) is 0 Å². The molecule has 0 spiro atoms. The smallest absolute Gasteiger partial charge is 0.267 e. The van der Waals surface area contributed by atoms with Crippen molar-refractivity contribution < 1.29 is 13.2 Å². The summed E-state index contributed by atoms with van der Waals surface area (Å²) < 4.78 is 23.4. The first-order valence-corrected chi connectivity index (χ1v) is 10.6. The number of nitrogens with zero attached hydrogens (tertiary/aromatic N) is 2. The zero-order chi connectivity index (χ0) is 19.3. The Kier molecular flexibility index (Phi) is 6.43. The van der Waals surface area contributed by atoms with Crippen molar-refractivity contribution in [2.75, 3.05) is 23.4 Å². The van der Waals surface area contributed by atoms with Gasteiger partial charge in [-0.3, -0.25) is 4.79 Å². The highest BCUT2D eigenvalue weighted by molar-refractivity contribution is 7.91. The number of anilines is 1. The summed E-state index contributed by atoms with van der Waals surface area (Å²) >= 11 is 0. The van der Waals surface area contributed by atoms with Gasteiger partial charge in [-0.25, -0.2) is 8.42 Å².